The SMILES string of the molecule is CC(=O)Nc1ccc(S(=O)(=O)N(C[C@@H](O)[C@H](Cc2ccccc2)N(C(=O)[O-])[C@H]2CO[C@H]3OCC[C@H]32)CC(C)(C)CCC#N)cc1. The Labute approximate surface area is 264 Å². The number of aliphatic hydroxyl groups excluding tert-OH is 1. The number of nitrogens with one attached hydrogen (secondary N) is 1. The fourth-order valence-corrected chi connectivity index (χ4v) is 7.76. The van der Waals surface area contributed by atoms with Crippen LogP contribution in [0.25, 0.3) is 0 Å². The van der Waals surface area contributed by atoms with Crippen molar-refractivity contribution in [3.05, 3.63) is 60.2 Å². The Morgan fingerprint density at radius 1 is 1.16 bits per heavy atom. The lowest BCUT2D eigenvalue weighted by Crippen LogP contribution is -2.61. The third-order valence-corrected chi connectivity index (χ3v) is 10.2. The van der Waals surface area contributed by atoms with Gasteiger partial charge in [0.2, 0.25) is 15.9 Å². The van der Waals surface area contributed by atoms with Crippen LogP contribution in [0.5, 0.6) is 0 Å². The van der Waals surface area contributed by atoms with Crippen molar-refractivity contribution in [2.45, 2.75) is 75.8 Å². The zero-order valence-electron chi connectivity index (χ0n) is 25.8. The maximum absolute atomic E-state index is 14.1. The summed E-state index contributed by atoms with van der Waals surface area (Å²) in [5.74, 6) is -0.556. The minimum absolute atomic E-state index is 0.0457. The predicted molar refractivity (Wildman–Crippen MR) is 163 cm³/mol. The van der Waals surface area contributed by atoms with Crippen LogP contribution in [0.2, 0.25) is 0 Å². The molecular formula is C32H41N4O8S-. The van der Waals surface area contributed by atoms with Crippen molar-refractivity contribution in [1.82, 2.24) is 9.21 Å². The highest BCUT2D eigenvalue weighted by atomic mass is 32.2. The van der Waals surface area contributed by atoms with Gasteiger partial charge in [-0.2, -0.15) is 9.57 Å². The first-order valence-electron chi connectivity index (χ1n) is 15.0. The number of benzene rings is 2. The quantitative estimate of drug-likeness (QED) is 0.314. The van der Waals surface area contributed by atoms with E-state index >= 15 is 0 Å². The Morgan fingerprint density at radius 3 is 2.47 bits per heavy atom. The van der Waals surface area contributed by atoms with E-state index in [1.807, 2.05) is 32.0 Å². The fraction of sp³-hybridized carbons (Fsp3) is 0.531. The van der Waals surface area contributed by atoms with Gasteiger partial charge in [0.05, 0.1) is 42.4 Å². The van der Waals surface area contributed by atoms with Crippen molar-refractivity contribution in [2.75, 3.05) is 31.6 Å². The number of amides is 2. The number of aliphatic hydroxyl groups is 1. The third-order valence-electron chi connectivity index (χ3n) is 8.39. The topological polar surface area (TPSA) is 172 Å². The van der Waals surface area contributed by atoms with E-state index in [9.17, 15) is 33.5 Å². The summed E-state index contributed by atoms with van der Waals surface area (Å²) in [7, 11) is -4.23. The number of hydrogen-bond donors (Lipinski definition) is 2. The first kappa shape index (κ1) is 34.3. The van der Waals surface area contributed by atoms with Gasteiger partial charge in [-0.15, -0.1) is 0 Å². The molecule has 2 aromatic carbocycles. The standard InChI is InChI=1S/C32H42N4O8S/c1-22(37)34-24-10-12-25(13-11-24)45(41,42)35(21-32(2,3)15-7-16-33)19-29(38)27(18-23-8-5-4-6-9-23)36(31(39)40)28-20-44-30-26(28)14-17-43-30/h4-6,8-13,26-30,38H,7,14-15,17-21H2,1-3H3,(H,34,37)(H,39,40)/p-1/t26-,27-,28-,29+,30+/m0/s1. The summed E-state index contributed by atoms with van der Waals surface area (Å²) in [5.41, 5.74) is 0.515. The number of carbonyl (C=O) groups excluding carboxylic acids is 2. The Morgan fingerprint density at radius 2 is 1.84 bits per heavy atom. The van der Waals surface area contributed by atoms with Gasteiger partial charge in [-0.3, -0.25) is 4.79 Å². The Hall–Kier alpha value is -3.54. The maximum atomic E-state index is 14.1. The lowest BCUT2D eigenvalue weighted by atomic mass is 9.87. The monoisotopic (exact) mass is 641 g/mol. The van der Waals surface area contributed by atoms with Gasteiger partial charge in [0.1, 0.15) is 6.09 Å². The molecular weight excluding hydrogens is 600 g/mol. The molecule has 0 saturated carbocycles. The van der Waals surface area contributed by atoms with Crippen LogP contribution in [0.1, 0.15) is 45.6 Å². The van der Waals surface area contributed by atoms with E-state index in [4.69, 9.17) is 9.47 Å². The molecule has 4 rings (SSSR count). The first-order chi connectivity index (χ1) is 21.3. The van der Waals surface area contributed by atoms with Gasteiger partial charge in [0, 0.05) is 38.0 Å². The highest BCUT2D eigenvalue weighted by molar-refractivity contribution is 7.89. The van der Waals surface area contributed by atoms with Crippen LogP contribution in [-0.4, -0.2) is 85.5 Å². The predicted octanol–water partition coefficient (Wildman–Crippen LogP) is 2.34. The van der Waals surface area contributed by atoms with Crippen LogP contribution < -0.4 is 10.4 Å². The molecule has 13 heteroatoms. The average Bonchev–Trinajstić information content (AvgIpc) is 3.61. The molecule has 2 heterocycles. The highest BCUT2D eigenvalue weighted by Gasteiger charge is 2.47. The Balaban J connectivity index is 1.70. The molecule has 2 saturated heterocycles. The second-order valence-corrected chi connectivity index (χ2v) is 14.4. The molecule has 2 amide bonds. The molecule has 0 aliphatic carbocycles. The third kappa shape index (κ3) is 8.59. The molecule has 2 aliphatic heterocycles. The minimum atomic E-state index is -4.23. The van der Waals surface area contributed by atoms with Gasteiger partial charge in [-0.05, 0) is 54.5 Å². The molecule has 5 atom stereocenters. The molecule has 12 nitrogen and oxygen atoms in total. The Bertz CT molecular complexity index is 1460. The van der Waals surface area contributed by atoms with E-state index in [0.29, 0.717) is 25.1 Å². The molecule has 2 fully saturated rings. The van der Waals surface area contributed by atoms with Gasteiger partial charge < -0.3 is 34.7 Å². The van der Waals surface area contributed by atoms with E-state index in [-0.39, 0.29) is 42.7 Å². The van der Waals surface area contributed by atoms with Crippen LogP contribution in [0.4, 0.5) is 10.5 Å². The number of hydrogen-bond acceptors (Lipinski definition) is 9. The number of rotatable bonds is 14. The van der Waals surface area contributed by atoms with Crippen LogP contribution in [0, 0.1) is 22.7 Å². The first-order valence-corrected chi connectivity index (χ1v) is 16.5. The second kappa shape index (κ2) is 14.7. The van der Waals surface area contributed by atoms with Crippen LogP contribution in [0.15, 0.2) is 59.5 Å². The molecule has 244 valence electrons. The molecule has 0 aromatic heterocycles. The van der Waals surface area contributed by atoms with Crippen LogP contribution in [-0.2, 0) is 30.7 Å². The van der Waals surface area contributed by atoms with E-state index in [1.54, 1.807) is 12.1 Å². The normalized spacial score (nSPS) is 21.1. The molecule has 2 aliphatic rings. The van der Waals surface area contributed by atoms with Gasteiger partial charge in [0.15, 0.2) is 6.29 Å². The van der Waals surface area contributed by atoms with Crippen molar-refractivity contribution in [1.29, 1.82) is 5.26 Å². The lowest BCUT2D eigenvalue weighted by Gasteiger charge is -2.43. The summed E-state index contributed by atoms with van der Waals surface area (Å²) < 4.78 is 40.8. The van der Waals surface area contributed by atoms with E-state index < -0.39 is 52.6 Å². The summed E-state index contributed by atoms with van der Waals surface area (Å²) in [6.45, 7) is 5.03. The fourth-order valence-electron chi connectivity index (χ4n) is 6.11. The molecule has 0 spiro atoms. The zero-order chi connectivity index (χ0) is 32.8. The highest BCUT2D eigenvalue weighted by Crippen LogP contribution is 2.36. The summed E-state index contributed by atoms with van der Waals surface area (Å²) >= 11 is 0. The van der Waals surface area contributed by atoms with Crippen molar-refractivity contribution < 1.29 is 37.7 Å². The number of anilines is 1. The number of fused-ring (bicyclic) bond motifs is 1. The molecule has 45 heavy (non-hydrogen) atoms. The van der Waals surface area contributed by atoms with E-state index in [1.165, 1.54) is 31.2 Å². The summed E-state index contributed by atoms with van der Waals surface area (Å²) in [5, 5.41) is 36.5. The van der Waals surface area contributed by atoms with Crippen molar-refractivity contribution in [2.24, 2.45) is 11.3 Å². The summed E-state index contributed by atoms with van der Waals surface area (Å²) in [4.78, 5) is 25.3. The van der Waals surface area contributed by atoms with Crippen LogP contribution >= 0.6 is 0 Å². The van der Waals surface area contributed by atoms with Gasteiger partial charge in [-0.1, -0.05) is 44.2 Å². The number of sulfonamides is 1. The summed E-state index contributed by atoms with van der Waals surface area (Å²) in [6, 6.07) is 15.1. The number of nitrogens with zero attached hydrogens (tertiary/aromatic N) is 3. The van der Waals surface area contributed by atoms with Gasteiger partial charge in [-0.25, -0.2) is 8.42 Å². The second-order valence-electron chi connectivity index (χ2n) is 12.4. The van der Waals surface area contributed by atoms with E-state index in [2.05, 4.69) is 11.4 Å². The maximum Gasteiger partial charge on any atom is 0.243 e. The lowest BCUT2D eigenvalue weighted by molar-refractivity contribution is -0.273. The smallest absolute Gasteiger partial charge is 0.243 e. The molecule has 0 radical (unpaired) electrons. The van der Waals surface area contributed by atoms with Crippen molar-refractivity contribution in [3.8, 4) is 6.07 Å². The molecule has 0 bridgehead atoms. The van der Waals surface area contributed by atoms with Crippen LogP contribution in [0.3, 0.4) is 0 Å². The number of nitriles is 1. The Kier molecular flexibility index (Phi) is 11.2. The largest absolute Gasteiger partial charge is 0.530 e. The number of ether oxygens (including phenoxy) is 2. The van der Waals surface area contributed by atoms with Gasteiger partial charge in [0.25, 0.3) is 0 Å². The minimum Gasteiger partial charge on any atom is -0.530 e. The van der Waals surface area contributed by atoms with Gasteiger partial charge >= 0.3 is 0 Å². The van der Waals surface area contributed by atoms with Crippen molar-refractivity contribution in [3.63, 3.8) is 0 Å². The zero-order valence-corrected chi connectivity index (χ0v) is 26.6. The van der Waals surface area contributed by atoms with Crippen molar-refractivity contribution >= 4 is 27.7 Å². The molecule has 2 aromatic rings. The summed E-state index contributed by atoms with van der Waals surface area (Å²) in [6.07, 6.45) is -2.23. The van der Waals surface area contributed by atoms with E-state index in [0.717, 1.165) is 14.8 Å². The molecule has 0 unspecified atom stereocenters. The number of carboxylic acid groups (broad SMARTS) is 1. The molecule has 2 N–H and O–H groups in total. The number of carbonyl (C=O) groups is 2. The average molecular weight is 642 g/mol.